The van der Waals surface area contributed by atoms with Gasteiger partial charge in [0, 0.05) is 28.5 Å². The number of nitrogens with one attached hydrogen (secondary N) is 2. The average molecular weight is 370 g/mol. The molecular weight excluding hydrogens is 354 g/mol. The second-order valence-electron chi connectivity index (χ2n) is 6.17. The molecule has 0 aliphatic carbocycles. The second kappa shape index (κ2) is 6.17. The average Bonchev–Trinajstić information content (AvgIpc) is 3.12. The summed E-state index contributed by atoms with van der Waals surface area (Å²) in [6.45, 7) is 1.92. The SMILES string of the molecule is Cc1ccc(N2C(=O)C(Cc3c[nH]c4ccccc34)NC2=S)cc1Cl. The minimum atomic E-state index is -0.383. The van der Waals surface area contributed by atoms with E-state index in [1.807, 2.05) is 43.5 Å². The van der Waals surface area contributed by atoms with Crippen LogP contribution < -0.4 is 10.2 Å². The lowest BCUT2D eigenvalue weighted by molar-refractivity contribution is -0.118. The van der Waals surface area contributed by atoms with Gasteiger partial charge in [-0.25, -0.2) is 0 Å². The zero-order valence-corrected chi connectivity index (χ0v) is 15.1. The van der Waals surface area contributed by atoms with E-state index in [1.165, 1.54) is 4.90 Å². The van der Waals surface area contributed by atoms with Crippen LogP contribution in [0.3, 0.4) is 0 Å². The van der Waals surface area contributed by atoms with E-state index in [1.54, 1.807) is 6.07 Å². The van der Waals surface area contributed by atoms with Crippen molar-refractivity contribution < 1.29 is 4.79 Å². The summed E-state index contributed by atoms with van der Waals surface area (Å²) in [5.74, 6) is -0.0600. The second-order valence-corrected chi connectivity index (χ2v) is 6.97. The molecule has 126 valence electrons. The van der Waals surface area contributed by atoms with E-state index in [9.17, 15) is 4.79 Å². The molecule has 1 aliphatic rings. The lowest BCUT2D eigenvalue weighted by Gasteiger charge is -2.15. The summed E-state index contributed by atoms with van der Waals surface area (Å²) in [5.41, 5.74) is 3.81. The van der Waals surface area contributed by atoms with Gasteiger partial charge in [0.1, 0.15) is 6.04 Å². The van der Waals surface area contributed by atoms with Crippen molar-refractivity contribution in [3.05, 3.63) is 64.8 Å². The Balaban J connectivity index is 1.61. The lowest BCUT2D eigenvalue weighted by atomic mass is 10.0. The zero-order chi connectivity index (χ0) is 17.6. The fourth-order valence-corrected chi connectivity index (χ4v) is 3.67. The topological polar surface area (TPSA) is 48.1 Å². The van der Waals surface area contributed by atoms with Crippen LogP contribution in [0.5, 0.6) is 0 Å². The van der Waals surface area contributed by atoms with Gasteiger partial charge >= 0.3 is 0 Å². The Hall–Kier alpha value is -2.37. The number of H-pyrrole nitrogens is 1. The number of aromatic amines is 1. The molecule has 0 radical (unpaired) electrons. The fourth-order valence-electron chi connectivity index (χ4n) is 3.16. The number of aryl methyl sites for hydroxylation is 1. The predicted molar refractivity (Wildman–Crippen MR) is 105 cm³/mol. The Kier molecular flexibility index (Phi) is 3.98. The van der Waals surface area contributed by atoms with Crippen molar-refractivity contribution in [1.82, 2.24) is 10.3 Å². The number of benzene rings is 2. The molecule has 2 aromatic carbocycles. The van der Waals surface area contributed by atoms with Crippen LogP contribution in [0.15, 0.2) is 48.7 Å². The minimum Gasteiger partial charge on any atom is -0.361 e. The molecule has 1 amide bonds. The van der Waals surface area contributed by atoms with E-state index >= 15 is 0 Å². The highest BCUT2D eigenvalue weighted by atomic mass is 35.5. The van der Waals surface area contributed by atoms with Gasteiger partial charge in [-0.15, -0.1) is 0 Å². The van der Waals surface area contributed by atoms with Crippen LogP contribution in [0, 0.1) is 6.92 Å². The minimum absolute atomic E-state index is 0.0600. The largest absolute Gasteiger partial charge is 0.361 e. The molecule has 1 aliphatic heterocycles. The number of carbonyl (C=O) groups is 1. The van der Waals surface area contributed by atoms with Gasteiger partial charge in [0.25, 0.3) is 5.91 Å². The fraction of sp³-hybridized carbons (Fsp3) is 0.158. The Morgan fingerprint density at radius 2 is 2.04 bits per heavy atom. The van der Waals surface area contributed by atoms with Gasteiger partial charge < -0.3 is 10.3 Å². The van der Waals surface area contributed by atoms with Crippen LogP contribution in [0.25, 0.3) is 10.9 Å². The van der Waals surface area contributed by atoms with Gasteiger partial charge in [-0.3, -0.25) is 9.69 Å². The van der Waals surface area contributed by atoms with Crippen molar-refractivity contribution >= 4 is 51.4 Å². The number of rotatable bonds is 3. The number of halogens is 1. The number of anilines is 1. The van der Waals surface area contributed by atoms with Gasteiger partial charge in [0.15, 0.2) is 5.11 Å². The molecule has 3 aromatic rings. The normalized spacial score (nSPS) is 17.4. The van der Waals surface area contributed by atoms with Crippen molar-refractivity contribution in [2.75, 3.05) is 4.90 Å². The summed E-state index contributed by atoms with van der Waals surface area (Å²) in [4.78, 5) is 17.7. The van der Waals surface area contributed by atoms with E-state index in [0.29, 0.717) is 22.2 Å². The summed E-state index contributed by atoms with van der Waals surface area (Å²) >= 11 is 11.6. The summed E-state index contributed by atoms with van der Waals surface area (Å²) in [6, 6.07) is 13.2. The maximum Gasteiger partial charge on any atom is 0.256 e. The van der Waals surface area contributed by atoms with Gasteiger partial charge in [-0.1, -0.05) is 35.9 Å². The van der Waals surface area contributed by atoms with E-state index in [-0.39, 0.29) is 11.9 Å². The number of thiocarbonyl (C=S) groups is 1. The van der Waals surface area contributed by atoms with Crippen LogP contribution in [0.1, 0.15) is 11.1 Å². The molecule has 0 saturated carbocycles. The molecule has 0 spiro atoms. The van der Waals surface area contributed by atoms with E-state index < -0.39 is 0 Å². The third-order valence-corrected chi connectivity index (χ3v) is 5.24. The zero-order valence-electron chi connectivity index (χ0n) is 13.5. The summed E-state index contributed by atoms with van der Waals surface area (Å²) in [5, 5.41) is 5.30. The predicted octanol–water partition coefficient (Wildman–Crippen LogP) is 3.96. The molecular formula is C19H16ClN3OS. The number of hydrogen-bond acceptors (Lipinski definition) is 2. The molecule has 6 heteroatoms. The number of amides is 1. The molecule has 2 N–H and O–H groups in total. The Labute approximate surface area is 155 Å². The van der Waals surface area contributed by atoms with Crippen LogP contribution in [0.2, 0.25) is 5.02 Å². The van der Waals surface area contributed by atoms with Crippen molar-refractivity contribution in [3.63, 3.8) is 0 Å². The lowest BCUT2D eigenvalue weighted by Crippen LogP contribution is -2.32. The Morgan fingerprint density at radius 1 is 1.24 bits per heavy atom. The Morgan fingerprint density at radius 3 is 2.84 bits per heavy atom. The number of fused-ring (bicyclic) bond motifs is 1. The van der Waals surface area contributed by atoms with Crippen molar-refractivity contribution in [2.24, 2.45) is 0 Å². The van der Waals surface area contributed by atoms with Crippen molar-refractivity contribution in [2.45, 2.75) is 19.4 Å². The number of aromatic nitrogens is 1. The first-order valence-corrected chi connectivity index (χ1v) is 8.79. The quantitative estimate of drug-likeness (QED) is 0.687. The van der Waals surface area contributed by atoms with Crippen LogP contribution in [-0.2, 0) is 11.2 Å². The first-order valence-electron chi connectivity index (χ1n) is 8.00. The number of para-hydroxylation sites is 1. The monoisotopic (exact) mass is 369 g/mol. The standard InChI is InChI=1S/C19H16ClN3OS/c1-11-6-7-13(9-15(11)20)23-18(24)17(22-19(23)25)8-12-10-21-16-5-3-2-4-14(12)16/h2-7,9-10,17,21H,8H2,1H3,(H,22,25). The number of carbonyl (C=O) groups excluding carboxylic acids is 1. The molecule has 1 unspecified atom stereocenters. The van der Waals surface area contributed by atoms with E-state index in [0.717, 1.165) is 22.0 Å². The van der Waals surface area contributed by atoms with Gasteiger partial charge in [0.2, 0.25) is 0 Å². The highest BCUT2D eigenvalue weighted by Crippen LogP contribution is 2.27. The van der Waals surface area contributed by atoms with Gasteiger partial charge in [-0.2, -0.15) is 0 Å². The van der Waals surface area contributed by atoms with Crippen LogP contribution in [0.4, 0.5) is 5.69 Å². The van der Waals surface area contributed by atoms with Crippen molar-refractivity contribution in [1.29, 1.82) is 0 Å². The molecule has 0 bridgehead atoms. The van der Waals surface area contributed by atoms with E-state index in [2.05, 4.69) is 16.4 Å². The summed E-state index contributed by atoms with van der Waals surface area (Å²) in [6.07, 6.45) is 2.52. The smallest absolute Gasteiger partial charge is 0.256 e. The molecule has 1 fully saturated rings. The molecule has 25 heavy (non-hydrogen) atoms. The molecule has 1 saturated heterocycles. The molecule has 2 heterocycles. The number of nitrogens with zero attached hydrogens (tertiary/aromatic N) is 1. The first kappa shape index (κ1) is 16.1. The molecule has 1 aromatic heterocycles. The van der Waals surface area contributed by atoms with Crippen molar-refractivity contribution in [3.8, 4) is 0 Å². The highest BCUT2D eigenvalue weighted by molar-refractivity contribution is 7.80. The summed E-state index contributed by atoms with van der Waals surface area (Å²) in [7, 11) is 0. The van der Waals surface area contributed by atoms with Crippen LogP contribution >= 0.6 is 23.8 Å². The highest BCUT2D eigenvalue weighted by Gasteiger charge is 2.36. The third kappa shape index (κ3) is 2.79. The maximum absolute atomic E-state index is 12.9. The molecule has 4 nitrogen and oxygen atoms in total. The number of hydrogen-bond donors (Lipinski definition) is 2. The molecule has 1 atom stereocenters. The van der Waals surface area contributed by atoms with Gasteiger partial charge in [0.05, 0.1) is 5.69 Å². The summed E-state index contributed by atoms with van der Waals surface area (Å²) < 4.78 is 0. The Bertz CT molecular complexity index is 997. The van der Waals surface area contributed by atoms with Crippen LogP contribution in [-0.4, -0.2) is 22.0 Å². The third-order valence-electron chi connectivity index (χ3n) is 4.53. The van der Waals surface area contributed by atoms with Gasteiger partial charge in [-0.05, 0) is 48.5 Å². The maximum atomic E-state index is 12.9. The first-order chi connectivity index (χ1) is 12.0. The van der Waals surface area contributed by atoms with E-state index in [4.69, 9.17) is 23.8 Å². The molecule has 4 rings (SSSR count).